The summed E-state index contributed by atoms with van der Waals surface area (Å²) in [7, 11) is 0. The number of carbonyl (C=O) groups excluding carboxylic acids is 1. The lowest BCUT2D eigenvalue weighted by Crippen LogP contribution is -2.18. The Balaban J connectivity index is 2.73. The van der Waals surface area contributed by atoms with E-state index in [1.165, 1.54) is 10.9 Å². The number of halogens is 1. The zero-order chi connectivity index (χ0) is 13.4. The third-order valence-electron chi connectivity index (χ3n) is 2.50. The summed E-state index contributed by atoms with van der Waals surface area (Å²) >= 11 is 5.85. The monoisotopic (exact) mass is 265 g/mol. The van der Waals surface area contributed by atoms with Gasteiger partial charge in [-0.05, 0) is 19.9 Å². The Morgan fingerprint density at radius 2 is 2.11 bits per heavy atom. The van der Waals surface area contributed by atoms with E-state index in [1.54, 1.807) is 13.0 Å². The molecule has 1 amide bonds. The first-order valence-corrected chi connectivity index (χ1v) is 5.57. The van der Waals surface area contributed by atoms with Gasteiger partial charge >= 0.3 is 0 Å². The maximum Gasteiger partial charge on any atom is 0.252 e. The van der Waals surface area contributed by atoms with E-state index in [2.05, 4.69) is 10.1 Å². The summed E-state index contributed by atoms with van der Waals surface area (Å²) in [4.78, 5) is 15.7. The Bertz CT molecular complexity index is 615. The van der Waals surface area contributed by atoms with Crippen LogP contribution in [0.25, 0.3) is 5.69 Å². The number of primary amides is 1. The zero-order valence-corrected chi connectivity index (χ0v) is 10.7. The van der Waals surface area contributed by atoms with Crippen molar-refractivity contribution in [1.29, 1.82) is 0 Å². The normalized spacial score (nSPS) is 10.6. The molecule has 0 bridgehead atoms. The third kappa shape index (κ3) is 2.02. The van der Waals surface area contributed by atoms with Crippen LogP contribution in [0.15, 0.2) is 12.3 Å². The maximum atomic E-state index is 11.5. The van der Waals surface area contributed by atoms with Crippen LogP contribution in [-0.2, 0) is 0 Å². The standard InChI is InChI=1S/C11H12ClN5O/c1-5-3-8(9(11(14)18)6(2)15-5)17-4-7(12)10(13)16-17/h3-4H,1-2H3,(H2,13,16)(H2,14,18). The number of hydrogen-bond donors (Lipinski definition) is 2. The first-order chi connectivity index (χ1) is 8.40. The molecular weight excluding hydrogens is 254 g/mol. The first-order valence-electron chi connectivity index (χ1n) is 5.19. The van der Waals surface area contributed by atoms with Gasteiger partial charge in [-0.25, -0.2) is 4.68 Å². The van der Waals surface area contributed by atoms with Crippen LogP contribution in [-0.4, -0.2) is 20.7 Å². The second-order valence-corrected chi connectivity index (χ2v) is 4.32. The Labute approximate surface area is 109 Å². The fraction of sp³-hybridized carbons (Fsp3) is 0.182. The molecule has 2 rings (SSSR count). The summed E-state index contributed by atoms with van der Waals surface area (Å²) in [6, 6.07) is 1.70. The summed E-state index contributed by atoms with van der Waals surface area (Å²) in [6.07, 6.45) is 1.53. The summed E-state index contributed by atoms with van der Waals surface area (Å²) in [5, 5.41) is 4.35. The molecule has 0 radical (unpaired) electrons. The van der Waals surface area contributed by atoms with Crippen LogP contribution in [0.5, 0.6) is 0 Å². The predicted molar refractivity (Wildman–Crippen MR) is 68.8 cm³/mol. The number of rotatable bonds is 2. The molecule has 4 N–H and O–H groups in total. The highest BCUT2D eigenvalue weighted by atomic mass is 35.5. The fourth-order valence-corrected chi connectivity index (χ4v) is 1.91. The molecule has 0 aliphatic carbocycles. The second-order valence-electron chi connectivity index (χ2n) is 3.91. The van der Waals surface area contributed by atoms with Crippen molar-refractivity contribution in [2.45, 2.75) is 13.8 Å². The van der Waals surface area contributed by atoms with Crippen LogP contribution in [0.3, 0.4) is 0 Å². The Morgan fingerprint density at radius 3 is 2.61 bits per heavy atom. The van der Waals surface area contributed by atoms with E-state index in [-0.39, 0.29) is 5.82 Å². The van der Waals surface area contributed by atoms with Crippen LogP contribution < -0.4 is 11.5 Å². The van der Waals surface area contributed by atoms with E-state index in [9.17, 15) is 4.79 Å². The van der Waals surface area contributed by atoms with Crippen LogP contribution in [0.2, 0.25) is 5.02 Å². The molecule has 2 heterocycles. The van der Waals surface area contributed by atoms with Crippen molar-refractivity contribution in [1.82, 2.24) is 14.8 Å². The Morgan fingerprint density at radius 1 is 1.44 bits per heavy atom. The number of nitrogens with zero attached hydrogens (tertiary/aromatic N) is 3. The number of amides is 1. The zero-order valence-electron chi connectivity index (χ0n) is 9.94. The van der Waals surface area contributed by atoms with Crippen LogP contribution in [0, 0.1) is 13.8 Å². The van der Waals surface area contributed by atoms with Gasteiger partial charge in [0.05, 0.1) is 23.1 Å². The largest absolute Gasteiger partial charge is 0.381 e. The molecular formula is C11H12ClN5O. The van der Waals surface area contributed by atoms with Gasteiger partial charge in [-0.1, -0.05) is 11.6 Å². The van der Waals surface area contributed by atoms with Crippen molar-refractivity contribution in [3.63, 3.8) is 0 Å². The number of anilines is 1. The summed E-state index contributed by atoms with van der Waals surface area (Å²) in [5.74, 6) is -0.376. The lowest BCUT2D eigenvalue weighted by molar-refractivity contribution is 0.0999. The van der Waals surface area contributed by atoms with Gasteiger partial charge in [0.25, 0.3) is 5.91 Å². The van der Waals surface area contributed by atoms with Gasteiger partial charge in [-0.15, -0.1) is 5.10 Å². The van der Waals surface area contributed by atoms with Crippen LogP contribution in [0.4, 0.5) is 5.82 Å². The highest BCUT2D eigenvalue weighted by Gasteiger charge is 2.17. The molecule has 0 aliphatic heterocycles. The molecule has 0 aliphatic rings. The van der Waals surface area contributed by atoms with Crippen LogP contribution >= 0.6 is 11.6 Å². The maximum absolute atomic E-state index is 11.5. The molecule has 0 unspecified atom stereocenters. The lowest BCUT2D eigenvalue weighted by atomic mass is 10.1. The molecule has 0 aromatic carbocycles. The van der Waals surface area contributed by atoms with Crippen molar-refractivity contribution in [2.24, 2.45) is 5.73 Å². The van der Waals surface area contributed by atoms with Gasteiger partial charge in [0.1, 0.15) is 5.02 Å². The molecule has 2 aromatic heterocycles. The molecule has 18 heavy (non-hydrogen) atoms. The van der Waals surface area contributed by atoms with E-state index < -0.39 is 5.91 Å². The van der Waals surface area contributed by atoms with Gasteiger partial charge < -0.3 is 11.5 Å². The van der Waals surface area contributed by atoms with Gasteiger partial charge in [-0.2, -0.15) is 0 Å². The average molecular weight is 266 g/mol. The van der Waals surface area contributed by atoms with E-state index >= 15 is 0 Å². The van der Waals surface area contributed by atoms with Gasteiger partial charge in [-0.3, -0.25) is 9.78 Å². The molecule has 0 fully saturated rings. The van der Waals surface area contributed by atoms with Crippen molar-refractivity contribution in [2.75, 3.05) is 5.73 Å². The summed E-state index contributed by atoms with van der Waals surface area (Å²) in [5.41, 5.74) is 13.1. The van der Waals surface area contributed by atoms with E-state index in [1.807, 2.05) is 6.92 Å². The van der Waals surface area contributed by atoms with Gasteiger partial charge in [0.2, 0.25) is 0 Å². The number of nitrogens with two attached hydrogens (primary N) is 2. The Kier molecular flexibility index (Phi) is 2.96. The predicted octanol–water partition coefficient (Wildman–Crippen LogP) is 1.22. The quantitative estimate of drug-likeness (QED) is 0.852. The SMILES string of the molecule is Cc1cc(-n2cc(Cl)c(N)n2)c(C(N)=O)c(C)n1. The highest BCUT2D eigenvalue weighted by molar-refractivity contribution is 6.32. The first kappa shape index (κ1) is 12.4. The van der Waals surface area contributed by atoms with Crippen molar-refractivity contribution < 1.29 is 4.79 Å². The molecule has 7 heteroatoms. The van der Waals surface area contributed by atoms with E-state index in [0.29, 0.717) is 22.0 Å². The number of aryl methyl sites for hydroxylation is 2. The summed E-state index contributed by atoms with van der Waals surface area (Å²) < 4.78 is 1.43. The highest BCUT2D eigenvalue weighted by Crippen LogP contribution is 2.22. The van der Waals surface area contributed by atoms with Crippen molar-refractivity contribution in [3.8, 4) is 5.69 Å². The third-order valence-corrected chi connectivity index (χ3v) is 2.79. The molecule has 0 spiro atoms. The van der Waals surface area contributed by atoms with E-state index in [0.717, 1.165) is 5.69 Å². The van der Waals surface area contributed by atoms with Gasteiger partial charge in [0, 0.05) is 5.69 Å². The Hall–Kier alpha value is -2.08. The number of carbonyl (C=O) groups is 1. The molecule has 6 nitrogen and oxygen atoms in total. The molecule has 0 atom stereocenters. The molecule has 0 saturated heterocycles. The lowest BCUT2D eigenvalue weighted by Gasteiger charge is -2.10. The minimum Gasteiger partial charge on any atom is -0.381 e. The van der Waals surface area contributed by atoms with Crippen molar-refractivity contribution >= 4 is 23.3 Å². The number of pyridine rings is 1. The molecule has 94 valence electrons. The van der Waals surface area contributed by atoms with Crippen LogP contribution in [0.1, 0.15) is 21.7 Å². The minimum atomic E-state index is -0.569. The summed E-state index contributed by atoms with van der Waals surface area (Å²) in [6.45, 7) is 3.53. The number of hydrogen-bond acceptors (Lipinski definition) is 4. The minimum absolute atomic E-state index is 0.194. The smallest absolute Gasteiger partial charge is 0.252 e. The molecule has 0 saturated carbocycles. The van der Waals surface area contributed by atoms with E-state index in [4.69, 9.17) is 23.1 Å². The number of nitrogen functional groups attached to an aromatic ring is 1. The average Bonchev–Trinajstić information content (AvgIpc) is 2.57. The van der Waals surface area contributed by atoms with Crippen molar-refractivity contribution in [3.05, 3.63) is 34.2 Å². The number of aromatic nitrogens is 3. The topological polar surface area (TPSA) is 99.8 Å². The molecule has 2 aromatic rings. The second kappa shape index (κ2) is 4.30. The fourth-order valence-electron chi connectivity index (χ4n) is 1.78. The van der Waals surface area contributed by atoms with Gasteiger partial charge in [0.15, 0.2) is 5.82 Å².